The smallest absolute Gasteiger partial charge is 0.316 e. The minimum atomic E-state index is -0.886. The van der Waals surface area contributed by atoms with Gasteiger partial charge in [-0.15, -0.1) is 11.8 Å². The largest absolute Gasteiger partial charge is 0.481 e. The van der Waals surface area contributed by atoms with Crippen molar-refractivity contribution in [2.45, 2.75) is 25.0 Å². The average molecular weight is 192 g/mol. The third-order valence-electron chi connectivity index (χ3n) is 1.28. The van der Waals surface area contributed by atoms with Gasteiger partial charge in [-0.2, -0.15) is 0 Å². The second-order valence-corrected chi connectivity index (χ2v) is 3.56. The van der Waals surface area contributed by atoms with Crippen molar-refractivity contribution in [2.75, 3.05) is 5.75 Å². The number of carbonyl (C=O) groups is 2. The Bertz CT molecular complexity index is 169. The zero-order valence-electron chi connectivity index (χ0n) is 6.82. The molecular weight excluding hydrogens is 180 g/mol. The highest BCUT2D eigenvalue weighted by molar-refractivity contribution is 8.00. The topological polar surface area (TPSA) is 74.6 Å². The molecule has 0 aromatic rings. The summed E-state index contributed by atoms with van der Waals surface area (Å²) in [6.07, 6.45) is 0.550. The molecule has 1 unspecified atom stereocenters. The van der Waals surface area contributed by atoms with E-state index in [2.05, 4.69) is 0 Å². The van der Waals surface area contributed by atoms with Crippen LogP contribution < -0.4 is 0 Å². The standard InChI is InChI=1S/C7H12O4S/c1-2-5(7(10)11)12-4-3-6(8)9/h5H,2-4H2,1H3,(H,8,9)(H,10,11). The van der Waals surface area contributed by atoms with E-state index in [0.717, 1.165) is 0 Å². The van der Waals surface area contributed by atoms with Crippen LogP contribution in [0.5, 0.6) is 0 Å². The second-order valence-electron chi connectivity index (χ2n) is 2.25. The van der Waals surface area contributed by atoms with Crippen LogP contribution in [0, 0.1) is 0 Å². The summed E-state index contributed by atoms with van der Waals surface area (Å²) in [5, 5.41) is 16.4. The number of aliphatic carboxylic acids is 2. The highest BCUT2D eigenvalue weighted by Crippen LogP contribution is 2.15. The summed E-state index contributed by atoms with van der Waals surface area (Å²) >= 11 is 1.18. The molecule has 0 amide bonds. The number of carboxylic acid groups (broad SMARTS) is 2. The molecule has 70 valence electrons. The Hall–Kier alpha value is -0.710. The van der Waals surface area contributed by atoms with E-state index in [1.807, 2.05) is 0 Å². The minimum absolute atomic E-state index is 0.0223. The van der Waals surface area contributed by atoms with Gasteiger partial charge in [-0.05, 0) is 6.42 Å². The van der Waals surface area contributed by atoms with Crippen LogP contribution >= 0.6 is 11.8 Å². The van der Waals surface area contributed by atoms with Gasteiger partial charge in [-0.25, -0.2) is 0 Å². The third kappa shape index (κ3) is 5.01. The molecule has 0 aliphatic heterocycles. The molecule has 0 heterocycles. The third-order valence-corrected chi connectivity index (χ3v) is 2.66. The summed E-state index contributed by atoms with van der Waals surface area (Å²) in [4.78, 5) is 20.5. The molecule has 0 aromatic heterocycles. The van der Waals surface area contributed by atoms with Gasteiger partial charge >= 0.3 is 11.9 Å². The van der Waals surface area contributed by atoms with E-state index >= 15 is 0 Å². The Labute approximate surface area is 75.0 Å². The van der Waals surface area contributed by atoms with Crippen LogP contribution in [-0.4, -0.2) is 33.2 Å². The van der Waals surface area contributed by atoms with Crippen molar-refractivity contribution in [3.8, 4) is 0 Å². The molecule has 5 heteroatoms. The first kappa shape index (κ1) is 11.3. The number of rotatable bonds is 6. The van der Waals surface area contributed by atoms with Gasteiger partial charge in [0.2, 0.25) is 0 Å². The van der Waals surface area contributed by atoms with Crippen LogP contribution in [0.3, 0.4) is 0 Å². The van der Waals surface area contributed by atoms with Crippen molar-refractivity contribution < 1.29 is 19.8 Å². The molecular formula is C7H12O4S. The van der Waals surface area contributed by atoms with E-state index in [4.69, 9.17) is 10.2 Å². The summed E-state index contributed by atoms with van der Waals surface area (Å²) < 4.78 is 0. The van der Waals surface area contributed by atoms with Crippen LogP contribution in [0.1, 0.15) is 19.8 Å². The molecule has 12 heavy (non-hydrogen) atoms. The molecule has 0 bridgehead atoms. The predicted molar refractivity (Wildman–Crippen MR) is 46.4 cm³/mol. The Morgan fingerprint density at radius 1 is 1.42 bits per heavy atom. The maximum Gasteiger partial charge on any atom is 0.316 e. The van der Waals surface area contributed by atoms with Gasteiger partial charge in [0, 0.05) is 5.75 Å². The first-order valence-electron chi connectivity index (χ1n) is 3.64. The molecule has 0 aromatic carbocycles. The van der Waals surface area contributed by atoms with Gasteiger partial charge in [0.1, 0.15) is 5.25 Å². The van der Waals surface area contributed by atoms with Gasteiger partial charge in [0.05, 0.1) is 6.42 Å². The second kappa shape index (κ2) is 5.88. The lowest BCUT2D eigenvalue weighted by Crippen LogP contribution is -2.16. The fourth-order valence-electron chi connectivity index (χ4n) is 0.652. The Morgan fingerprint density at radius 3 is 2.33 bits per heavy atom. The summed E-state index contributed by atoms with van der Waals surface area (Å²) in [6.45, 7) is 1.77. The van der Waals surface area contributed by atoms with Crippen LogP contribution in [0.25, 0.3) is 0 Å². The van der Waals surface area contributed by atoms with E-state index in [0.29, 0.717) is 12.2 Å². The molecule has 2 N–H and O–H groups in total. The van der Waals surface area contributed by atoms with E-state index in [1.54, 1.807) is 6.92 Å². The van der Waals surface area contributed by atoms with Crippen molar-refractivity contribution in [1.29, 1.82) is 0 Å². The molecule has 4 nitrogen and oxygen atoms in total. The molecule has 0 rings (SSSR count). The molecule has 0 aliphatic carbocycles. The molecule has 1 atom stereocenters. The lowest BCUT2D eigenvalue weighted by Gasteiger charge is -2.07. The van der Waals surface area contributed by atoms with Crippen molar-refractivity contribution in [3.63, 3.8) is 0 Å². The number of hydrogen-bond donors (Lipinski definition) is 2. The van der Waals surface area contributed by atoms with Gasteiger partial charge in [-0.3, -0.25) is 9.59 Å². The monoisotopic (exact) mass is 192 g/mol. The number of hydrogen-bond acceptors (Lipinski definition) is 3. The van der Waals surface area contributed by atoms with Crippen LogP contribution in [0.2, 0.25) is 0 Å². The molecule has 0 aliphatic rings. The summed E-state index contributed by atoms with van der Waals surface area (Å²) in [5.41, 5.74) is 0. The summed E-state index contributed by atoms with van der Waals surface area (Å²) in [7, 11) is 0. The van der Waals surface area contributed by atoms with Crippen molar-refractivity contribution in [1.82, 2.24) is 0 Å². The lowest BCUT2D eigenvalue weighted by atomic mass is 10.3. The van der Waals surface area contributed by atoms with Gasteiger partial charge in [0.25, 0.3) is 0 Å². The fraction of sp³-hybridized carbons (Fsp3) is 0.714. The van der Waals surface area contributed by atoms with Gasteiger partial charge in [-0.1, -0.05) is 6.92 Å². The maximum absolute atomic E-state index is 10.4. The lowest BCUT2D eigenvalue weighted by molar-refractivity contribution is -0.137. The molecule has 0 fully saturated rings. The zero-order chi connectivity index (χ0) is 9.56. The Kier molecular flexibility index (Phi) is 5.53. The number of carboxylic acids is 2. The first-order valence-corrected chi connectivity index (χ1v) is 4.69. The normalized spacial score (nSPS) is 12.4. The first-order chi connectivity index (χ1) is 5.57. The molecule has 0 saturated carbocycles. The molecule has 0 spiro atoms. The SMILES string of the molecule is CCC(SCCC(=O)O)C(=O)O. The van der Waals surface area contributed by atoms with E-state index in [1.165, 1.54) is 11.8 Å². The van der Waals surface area contributed by atoms with Crippen molar-refractivity contribution >= 4 is 23.7 Å². The van der Waals surface area contributed by atoms with Crippen LogP contribution in [0.4, 0.5) is 0 Å². The summed E-state index contributed by atoms with van der Waals surface area (Å²) in [6, 6.07) is 0. The quantitative estimate of drug-likeness (QED) is 0.658. The predicted octanol–water partition coefficient (Wildman–Crippen LogP) is 1.06. The van der Waals surface area contributed by atoms with Crippen molar-refractivity contribution in [2.24, 2.45) is 0 Å². The van der Waals surface area contributed by atoms with Crippen LogP contribution in [0.15, 0.2) is 0 Å². The summed E-state index contributed by atoms with van der Waals surface area (Å²) in [5.74, 6) is -1.39. The van der Waals surface area contributed by atoms with Crippen molar-refractivity contribution in [3.05, 3.63) is 0 Å². The molecule has 0 radical (unpaired) electrons. The Balaban J connectivity index is 3.59. The molecule has 0 saturated heterocycles. The number of thioether (sulfide) groups is 1. The van der Waals surface area contributed by atoms with Gasteiger partial charge in [0.15, 0.2) is 0 Å². The van der Waals surface area contributed by atoms with E-state index in [9.17, 15) is 9.59 Å². The zero-order valence-corrected chi connectivity index (χ0v) is 7.63. The van der Waals surface area contributed by atoms with Gasteiger partial charge < -0.3 is 10.2 Å². The minimum Gasteiger partial charge on any atom is -0.481 e. The van der Waals surface area contributed by atoms with E-state index < -0.39 is 17.2 Å². The van der Waals surface area contributed by atoms with E-state index in [-0.39, 0.29) is 6.42 Å². The van der Waals surface area contributed by atoms with Crippen LogP contribution in [-0.2, 0) is 9.59 Å². The maximum atomic E-state index is 10.4. The highest BCUT2D eigenvalue weighted by atomic mass is 32.2. The Morgan fingerprint density at radius 2 is 2.00 bits per heavy atom. The fourth-order valence-corrected chi connectivity index (χ4v) is 1.61. The average Bonchev–Trinajstić information content (AvgIpc) is 1.96. The highest BCUT2D eigenvalue weighted by Gasteiger charge is 2.15.